The van der Waals surface area contributed by atoms with E-state index in [0.717, 1.165) is 33.3 Å². The third-order valence-corrected chi connectivity index (χ3v) is 4.61. The minimum Gasteiger partial charge on any atom is -0.426 e. The van der Waals surface area contributed by atoms with Gasteiger partial charge in [-0.15, -0.1) is 0 Å². The SMILES string of the molecule is CNc1cccc(-c2ccc3nc(-c4cccnc4)nc(NC)c3c2)c1OC=O. The lowest BCUT2D eigenvalue weighted by molar-refractivity contribution is -0.120. The van der Waals surface area contributed by atoms with Crippen LogP contribution in [0.25, 0.3) is 33.4 Å². The first-order chi connectivity index (χ1) is 14.2. The van der Waals surface area contributed by atoms with Gasteiger partial charge >= 0.3 is 0 Å². The highest BCUT2D eigenvalue weighted by Gasteiger charge is 2.14. The van der Waals surface area contributed by atoms with Crippen LogP contribution in [-0.2, 0) is 4.79 Å². The van der Waals surface area contributed by atoms with Crippen molar-refractivity contribution in [3.8, 4) is 28.3 Å². The molecule has 0 bridgehead atoms. The summed E-state index contributed by atoms with van der Waals surface area (Å²) in [7, 11) is 3.61. The molecule has 0 radical (unpaired) electrons. The second-order valence-corrected chi connectivity index (χ2v) is 6.27. The molecule has 7 heteroatoms. The number of anilines is 2. The van der Waals surface area contributed by atoms with Crippen LogP contribution in [0.1, 0.15) is 0 Å². The van der Waals surface area contributed by atoms with E-state index in [1.165, 1.54) is 0 Å². The molecule has 0 aliphatic heterocycles. The Morgan fingerprint density at radius 3 is 2.59 bits per heavy atom. The van der Waals surface area contributed by atoms with Crippen molar-refractivity contribution in [2.45, 2.75) is 0 Å². The van der Waals surface area contributed by atoms with Crippen molar-refractivity contribution in [3.05, 3.63) is 60.9 Å². The standard InChI is InChI=1S/C22H19N5O2/c1-23-19-7-3-6-16(20(19)29-13-28)14-8-9-18-17(11-14)22(24-2)27-21(26-18)15-5-4-10-25-12-15/h3-13,23H,1-2H3,(H,24,26,27). The van der Waals surface area contributed by atoms with Gasteiger partial charge in [-0.1, -0.05) is 18.2 Å². The number of pyridine rings is 1. The van der Waals surface area contributed by atoms with Crippen LogP contribution < -0.4 is 15.4 Å². The Hall–Kier alpha value is -4.00. The number of hydrogen-bond acceptors (Lipinski definition) is 7. The minimum absolute atomic E-state index is 0.434. The van der Waals surface area contributed by atoms with Crippen LogP contribution in [0.5, 0.6) is 5.75 Å². The first kappa shape index (κ1) is 18.4. The summed E-state index contributed by atoms with van der Waals surface area (Å²) >= 11 is 0. The number of aromatic nitrogens is 3. The molecular formula is C22H19N5O2. The molecule has 2 N–H and O–H groups in total. The number of fused-ring (bicyclic) bond motifs is 1. The van der Waals surface area contributed by atoms with E-state index in [1.807, 2.05) is 55.6 Å². The Labute approximate surface area is 167 Å². The lowest BCUT2D eigenvalue weighted by Crippen LogP contribution is -2.00. The normalized spacial score (nSPS) is 10.6. The van der Waals surface area contributed by atoms with Crippen molar-refractivity contribution in [1.82, 2.24) is 15.0 Å². The fraction of sp³-hybridized carbons (Fsp3) is 0.0909. The maximum absolute atomic E-state index is 11.0. The molecule has 2 heterocycles. The van der Waals surface area contributed by atoms with Gasteiger partial charge in [0.25, 0.3) is 6.47 Å². The Morgan fingerprint density at radius 2 is 1.86 bits per heavy atom. The molecule has 2 aromatic heterocycles. The predicted octanol–water partition coefficient (Wildman–Crippen LogP) is 3.98. The number of carbonyl (C=O) groups excluding carboxylic acids is 1. The molecule has 0 fully saturated rings. The van der Waals surface area contributed by atoms with Gasteiger partial charge in [-0.3, -0.25) is 9.78 Å². The van der Waals surface area contributed by atoms with Crippen molar-refractivity contribution in [3.63, 3.8) is 0 Å². The molecule has 0 saturated carbocycles. The van der Waals surface area contributed by atoms with E-state index >= 15 is 0 Å². The first-order valence-electron chi connectivity index (χ1n) is 9.06. The van der Waals surface area contributed by atoms with Crippen LogP contribution in [0, 0.1) is 0 Å². The summed E-state index contributed by atoms with van der Waals surface area (Å²) < 4.78 is 5.26. The molecular weight excluding hydrogens is 366 g/mol. The topological polar surface area (TPSA) is 89.0 Å². The molecule has 144 valence electrons. The number of nitrogens with zero attached hydrogens (tertiary/aromatic N) is 3. The molecule has 0 atom stereocenters. The lowest BCUT2D eigenvalue weighted by Gasteiger charge is -2.14. The average molecular weight is 385 g/mol. The van der Waals surface area contributed by atoms with Crippen molar-refractivity contribution >= 4 is 28.9 Å². The summed E-state index contributed by atoms with van der Waals surface area (Å²) in [5, 5.41) is 7.06. The summed E-state index contributed by atoms with van der Waals surface area (Å²) in [5.74, 6) is 1.78. The third kappa shape index (κ3) is 3.45. The van der Waals surface area contributed by atoms with Gasteiger partial charge < -0.3 is 15.4 Å². The fourth-order valence-electron chi connectivity index (χ4n) is 3.25. The summed E-state index contributed by atoms with van der Waals surface area (Å²) in [6.45, 7) is 0.434. The summed E-state index contributed by atoms with van der Waals surface area (Å²) in [6, 6.07) is 15.3. The highest BCUT2D eigenvalue weighted by atomic mass is 16.5. The molecule has 0 unspecified atom stereocenters. The predicted molar refractivity (Wildman–Crippen MR) is 114 cm³/mol. The molecule has 7 nitrogen and oxygen atoms in total. The molecule has 2 aromatic carbocycles. The maximum Gasteiger partial charge on any atom is 0.298 e. The van der Waals surface area contributed by atoms with Crippen LogP contribution in [0.15, 0.2) is 60.9 Å². The average Bonchev–Trinajstić information content (AvgIpc) is 2.79. The quantitative estimate of drug-likeness (QED) is 0.485. The van der Waals surface area contributed by atoms with Gasteiger partial charge in [0.05, 0.1) is 11.2 Å². The summed E-state index contributed by atoms with van der Waals surface area (Å²) in [6.07, 6.45) is 3.45. The van der Waals surface area contributed by atoms with Crippen molar-refractivity contribution in [1.29, 1.82) is 0 Å². The Kier molecular flexibility index (Phi) is 5.03. The van der Waals surface area contributed by atoms with Crippen LogP contribution in [0.4, 0.5) is 11.5 Å². The van der Waals surface area contributed by atoms with E-state index in [4.69, 9.17) is 9.72 Å². The number of benzene rings is 2. The maximum atomic E-state index is 11.0. The Bertz CT molecular complexity index is 1180. The van der Waals surface area contributed by atoms with Crippen molar-refractivity contribution < 1.29 is 9.53 Å². The zero-order valence-corrected chi connectivity index (χ0v) is 16.0. The monoisotopic (exact) mass is 385 g/mol. The van der Waals surface area contributed by atoms with E-state index < -0.39 is 0 Å². The largest absolute Gasteiger partial charge is 0.426 e. The second-order valence-electron chi connectivity index (χ2n) is 6.27. The Balaban J connectivity index is 1.89. The van der Waals surface area contributed by atoms with E-state index in [-0.39, 0.29) is 0 Å². The van der Waals surface area contributed by atoms with E-state index in [2.05, 4.69) is 20.6 Å². The highest BCUT2D eigenvalue weighted by molar-refractivity contribution is 5.95. The van der Waals surface area contributed by atoms with Gasteiger partial charge in [0.15, 0.2) is 11.6 Å². The number of hydrogen-bond donors (Lipinski definition) is 2. The van der Waals surface area contributed by atoms with Crippen LogP contribution in [0.2, 0.25) is 0 Å². The Morgan fingerprint density at radius 1 is 0.966 bits per heavy atom. The number of para-hydroxylation sites is 1. The van der Waals surface area contributed by atoms with Crippen LogP contribution in [0.3, 0.4) is 0 Å². The first-order valence-corrected chi connectivity index (χ1v) is 9.06. The summed E-state index contributed by atoms with van der Waals surface area (Å²) in [5.41, 5.74) is 4.06. The zero-order valence-electron chi connectivity index (χ0n) is 16.0. The van der Waals surface area contributed by atoms with Gasteiger partial charge in [-0.05, 0) is 35.9 Å². The van der Waals surface area contributed by atoms with Gasteiger partial charge in [-0.25, -0.2) is 9.97 Å². The number of ether oxygens (including phenoxy) is 1. The minimum atomic E-state index is 0.434. The van der Waals surface area contributed by atoms with E-state index in [1.54, 1.807) is 19.4 Å². The molecule has 29 heavy (non-hydrogen) atoms. The number of rotatable bonds is 6. The van der Waals surface area contributed by atoms with Gasteiger partial charge in [0.2, 0.25) is 0 Å². The van der Waals surface area contributed by atoms with Crippen molar-refractivity contribution in [2.24, 2.45) is 0 Å². The summed E-state index contributed by atoms with van der Waals surface area (Å²) in [4.78, 5) is 24.5. The molecule has 0 aliphatic carbocycles. The van der Waals surface area contributed by atoms with E-state index in [0.29, 0.717) is 23.9 Å². The number of nitrogens with one attached hydrogen (secondary N) is 2. The van der Waals surface area contributed by atoms with Crippen LogP contribution >= 0.6 is 0 Å². The highest BCUT2D eigenvalue weighted by Crippen LogP contribution is 2.38. The zero-order chi connectivity index (χ0) is 20.2. The third-order valence-electron chi connectivity index (χ3n) is 4.61. The fourth-order valence-corrected chi connectivity index (χ4v) is 3.25. The van der Waals surface area contributed by atoms with Gasteiger partial charge in [-0.2, -0.15) is 0 Å². The second kappa shape index (κ2) is 7.93. The molecule has 4 rings (SSSR count). The van der Waals surface area contributed by atoms with Gasteiger partial charge in [0.1, 0.15) is 5.82 Å². The van der Waals surface area contributed by atoms with E-state index in [9.17, 15) is 4.79 Å². The molecule has 0 spiro atoms. The smallest absolute Gasteiger partial charge is 0.298 e. The van der Waals surface area contributed by atoms with Crippen LogP contribution in [-0.4, -0.2) is 35.5 Å². The van der Waals surface area contributed by atoms with Crippen molar-refractivity contribution in [2.75, 3.05) is 24.7 Å². The molecule has 4 aromatic rings. The number of carbonyl (C=O) groups is 1. The lowest BCUT2D eigenvalue weighted by atomic mass is 10.0. The molecule has 0 aliphatic rings. The van der Waals surface area contributed by atoms with Gasteiger partial charge in [0, 0.05) is 43.0 Å². The molecule has 0 saturated heterocycles. The molecule has 0 amide bonds.